The number of aromatic nitrogens is 2. The first-order chi connectivity index (χ1) is 16.0. The van der Waals surface area contributed by atoms with Crippen molar-refractivity contribution in [3.05, 3.63) is 57.0 Å². The summed E-state index contributed by atoms with van der Waals surface area (Å²) in [7, 11) is 1.89. The van der Waals surface area contributed by atoms with Crippen molar-refractivity contribution in [2.45, 2.75) is 63.8 Å². The zero-order valence-electron chi connectivity index (χ0n) is 20.1. The van der Waals surface area contributed by atoms with E-state index < -0.39 is 0 Å². The molecular formula is C28H35N3O2. The lowest BCUT2D eigenvalue weighted by molar-refractivity contribution is -0.0712. The largest absolute Gasteiger partial charge is 0.378 e. The molecule has 4 heterocycles. The van der Waals surface area contributed by atoms with E-state index in [-0.39, 0.29) is 5.56 Å². The van der Waals surface area contributed by atoms with E-state index in [1.165, 1.54) is 64.8 Å². The Labute approximate surface area is 195 Å². The predicted molar refractivity (Wildman–Crippen MR) is 133 cm³/mol. The molecule has 2 saturated heterocycles. The lowest BCUT2D eigenvalue weighted by atomic mass is 9.87. The summed E-state index contributed by atoms with van der Waals surface area (Å²) in [5.74, 6) is 1.03. The summed E-state index contributed by atoms with van der Waals surface area (Å²) in [6.07, 6.45) is 7.50. The number of hydrogen-bond donors (Lipinski definition) is 1. The van der Waals surface area contributed by atoms with Crippen molar-refractivity contribution in [2.24, 2.45) is 7.05 Å². The summed E-state index contributed by atoms with van der Waals surface area (Å²) in [6.45, 7) is 8.76. The van der Waals surface area contributed by atoms with Crippen LogP contribution in [0.25, 0.3) is 22.2 Å². The molecule has 2 aliphatic heterocycles. The quantitative estimate of drug-likeness (QED) is 0.632. The van der Waals surface area contributed by atoms with Gasteiger partial charge in [0.2, 0.25) is 0 Å². The van der Waals surface area contributed by atoms with E-state index >= 15 is 0 Å². The van der Waals surface area contributed by atoms with Gasteiger partial charge in [-0.2, -0.15) is 0 Å². The van der Waals surface area contributed by atoms with Gasteiger partial charge in [-0.15, -0.1) is 0 Å². The summed E-state index contributed by atoms with van der Waals surface area (Å²) >= 11 is 0. The van der Waals surface area contributed by atoms with Crippen molar-refractivity contribution in [1.82, 2.24) is 14.5 Å². The Bertz CT molecular complexity index is 1260. The number of benzene rings is 1. The van der Waals surface area contributed by atoms with Crippen molar-refractivity contribution in [1.29, 1.82) is 0 Å². The third-order valence-electron chi connectivity index (χ3n) is 8.29. The number of pyridine rings is 1. The summed E-state index contributed by atoms with van der Waals surface area (Å²) in [6, 6.07) is 7.73. The van der Waals surface area contributed by atoms with Gasteiger partial charge in [0, 0.05) is 35.3 Å². The lowest BCUT2D eigenvalue weighted by Crippen LogP contribution is -2.51. The average Bonchev–Trinajstić information content (AvgIpc) is 3.40. The number of nitrogens with one attached hydrogen (secondary N) is 1. The van der Waals surface area contributed by atoms with Crippen LogP contribution in [0.2, 0.25) is 0 Å². The van der Waals surface area contributed by atoms with Crippen molar-refractivity contribution in [2.75, 3.05) is 26.3 Å². The first-order valence-electron chi connectivity index (χ1n) is 12.7. The molecule has 2 aromatic heterocycles. The number of ether oxygens (including phenoxy) is 1. The topological polar surface area (TPSA) is 50.3 Å². The molecule has 0 radical (unpaired) electrons. The van der Waals surface area contributed by atoms with Gasteiger partial charge in [0.1, 0.15) is 0 Å². The van der Waals surface area contributed by atoms with Crippen molar-refractivity contribution in [3.63, 3.8) is 0 Å². The second-order valence-electron chi connectivity index (χ2n) is 10.6. The molecule has 0 spiro atoms. The van der Waals surface area contributed by atoms with E-state index in [2.05, 4.69) is 48.1 Å². The monoisotopic (exact) mass is 445 g/mol. The van der Waals surface area contributed by atoms with Gasteiger partial charge in [-0.1, -0.05) is 19.9 Å². The van der Waals surface area contributed by atoms with E-state index in [1.807, 2.05) is 7.05 Å². The molecule has 3 aliphatic rings. The molecule has 5 nitrogen and oxygen atoms in total. The number of piperidine rings is 1. The van der Waals surface area contributed by atoms with Gasteiger partial charge in [-0.3, -0.25) is 9.69 Å². The molecule has 0 saturated carbocycles. The van der Waals surface area contributed by atoms with Gasteiger partial charge < -0.3 is 14.3 Å². The minimum absolute atomic E-state index is 0.176. The summed E-state index contributed by atoms with van der Waals surface area (Å²) in [5.41, 5.74) is 8.98. The molecule has 33 heavy (non-hydrogen) atoms. The second kappa shape index (κ2) is 8.14. The van der Waals surface area contributed by atoms with E-state index in [0.29, 0.717) is 17.9 Å². The molecule has 6 rings (SSSR count). The third kappa shape index (κ3) is 3.48. The van der Waals surface area contributed by atoms with Crippen LogP contribution in [-0.2, 0) is 24.6 Å². The summed E-state index contributed by atoms with van der Waals surface area (Å²) in [5, 5.41) is 1.35. The van der Waals surface area contributed by atoms with Crippen LogP contribution in [0.5, 0.6) is 0 Å². The fourth-order valence-electron chi connectivity index (χ4n) is 6.36. The number of rotatable bonds is 4. The maximum Gasteiger partial charge on any atom is 0.253 e. The molecule has 0 atom stereocenters. The van der Waals surface area contributed by atoms with Crippen LogP contribution in [0.1, 0.15) is 67.2 Å². The number of nitrogens with zero attached hydrogens (tertiary/aromatic N) is 2. The molecule has 3 aromatic rings. The normalized spacial score (nSPS) is 20.0. The van der Waals surface area contributed by atoms with E-state index in [9.17, 15) is 4.79 Å². The van der Waals surface area contributed by atoms with Crippen LogP contribution in [0.3, 0.4) is 0 Å². The molecule has 0 bridgehead atoms. The van der Waals surface area contributed by atoms with Gasteiger partial charge in [0.05, 0.1) is 24.9 Å². The first kappa shape index (κ1) is 21.2. The maximum absolute atomic E-state index is 12.7. The van der Waals surface area contributed by atoms with Crippen molar-refractivity contribution >= 4 is 10.9 Å². The molecule has 1 aliphatic carbocycles. The Morgan fingerprint density at radius 3 is 2.55 bits per heavy atom. The van der Waals surface area contributed by atoms with Crippen LogP contribution in [0, 0.1) is 0 Å². The molecule has 5 heteroatoms. The fourth-order valence-corrected chi connectivity index (χ4v) is 6.36. The smallest absolute Gasteiger partial charge is 0.253 e. The lowest BCUT2D eigenvalue weighted by Gasteiger charge is -2.41. The summed E-state index contributed by atoms with van der Waals surface area (Å²) < 4.78 is 7.18. The van der Waals surface area contributed by atoms with Gasteiger partial charge in [0.15, 0.2) is 0 Å². The van der Waals surface area contributed by atoms with E-state index in [1.54, 1.807) is 4.57 Å². The van der Waals surface area contributed by atoms with Crippen molar-refractivity contribution in [3.8, 4) is 11.3 Å². The van der Waals surface area contributed by atoms with Crippen LogP contribution in [0.15, 0.2) is 29.2 Å². The number of likely N-dealkylation sites (tertiary alicyclic amines) is 1. The Hall–Kier alpha value is -2.37. The Morgan fingerprint density at radius 1 is 1.09 bits per heavy atom. The van der Waals surface area contributed by atoms with Crippen LogP contribution in [-0.4, -0.2) is 46.8 Å². The number of aromatic amines is 1. The molecule has 0 amide bonds. The number of hydrogen-bond acceptors (Lipinski definition) is 3. The average molecular weight is 446 g/mol. The highest BCUT2D eigenvalue weighted by molar-refractivity contribution is 5.92. The number of aryl methyl sites for hydroxylation is 1. The Balaban J connectivity index is 1.39. The molecular weight excluding hydrogens is 410 g/mol. The Morgan fingerprint density at radius 2 is 1.85 bits per heavy atom. The van der Waals surface area contributed by atoms with Crippen molar-refractivity contribution < 1.29 is 4.74 Å². The highest BCUT2D eigenvalue weighted by Crippen LogP contribution is 2.40. The minimum Gasteiger partial charge on any atom is -0.378 e. The SMILES string of the molecule is CC(C)c1c(-c2cn(C)c(=O)c3c2CCC3)[nH]c2ccc(C3CCN(C4COC4)CC3)cc12. The van der Waals surface area contributed by atoms with Crippen LogP contribution >= 0.6 is 0 Å². The third-order valence-corrected chi connectivity index (χ3v) is 8.29. The van der Waals surface area contributed by atoms with Gasteiger partial charge in [-0.05, 0) is 85.9 Å². The second-order valence-corrected chi connectivity index (χ2v) is 10.6. The molecule has 174 valence electrons. The van der Waals surface area contributed by atoms with Crippen LogP contribution < -0.4 is 5.56 Å². The summed E-state index contributed by atoms with van der Waals surface area (Å²) in [4.78, 5) is 19.1. The maximum atomic E-state index is 12.7. The van der Waals surface area contributed by atoms with Crippen LogP contribution in [0.4, 0.5) is 0 Å². The van der Waals surface area contributed by atoms with E-state index in [0.717, 1.165) is 38.0 Å². The first-order valence-corrected chi connectivity index (χ1v) is 12.7. The highest BCUT2D eigenvalue weighted by Gasteiger charge is 2.30. The predicted octanol–water partition coefficient (Wildman–Crippen LogP) is 4.72. The van der Waals surface area contributed by atoms with Gasteiger partial charge in [-0.25, -0.2) is 0 Å². The van der Waals surface area contributed by atoms with Gasteiger partial charge >= 0.3 is 0 Å². The molecule has 1 N–H and O–H groups in total. The zero-order chi connectivity index (χ0) is 22.7. The number of fused-ring (bicyclic) bond motifs is 2. The standard InChI is InChI=1S/C28H35N3O2/c1-17(2)26-23-13-19(18-9-11-31(12-10-18)20-15-33-16-20)7-8-25(23)29-27(26)24-14-30(3)28(32)22-6-4-5-21(22)24/h7-8,13-14,17-18,20,29H,4-6,9-12,15-16H2,1-3H3. The van der Waals surface area contributed by atoms with Gasteiger partial charge in [0.25, 0.3) is 5.56 Å². The molecule has 0 unspecified atom stereocenters. The van der Waals surface area contributed by atoms with E-state index in [4.69, 9.17) is 4.74 Å². The number of H-pyrrole nitrogens is 1. The fraction of sp³-hybridized carbons (Fsp3) is 0.536. The Kier molecular flexibility index (Phi) is 5.22. The molecule has 2 fully saturated rings. The zero-order valence-corrected chi connectivity index (χ0v) is 20.1. The molecule has 1 aromatic carbocycles. The minimum atomic E-state index is 0.176. The highest BCUT2D eigenvalue weighted by atomic mass is 16.5.